The summed E-state index contributed by atoms with van der Waals surface area (Å²) in [6.07, 6.45) is 2.53. The van der Waals surface area contributed by atoms with Crippen LogP contribution in [-0.2, 0) is 4.79 Å². The molecule has 1 aliphatic rings. The molecule has 0 heterocycles. The number of nitrogens with two attached hydrogens (primary N) is 1. The molecule has 2 rings (SSSR count). The van der Waals surface area contributed by atoms with Crippen LogP contribution < -0.4 is 20.5 Å². The normalized spacial score (nSPS) is 20.9. The highest BCUT2D eigenvalue weighted by Crippen LogP contribution is 2.28. The molecular formula is C14H21ClN2O3. The van der Waals surface area contributed by atoms with Gasteiger partial charge in [-0.1, -0.05) is 0 Å². The standard InChI is InChI=1S/C14H20N2O3.ClH/c1-18-12-6-11(7-13(8-12)19-2)16-14(17)9-3-4-10(15)5-9;/h6-10H,3-5,15H2,1-2H3,(H,16,17);1H. The lowest BCUT2D eigenvalue weighted by molar-refractivity contribution is -0.119. The fourth-order valence-corrected chi connectivity index (χ4v) is 2.38. The largest absolute Gasteiger partial charge is 0.497 e. The van der Waals surface area contributed by atoms with Crippen LogP contribution in [0.15, 0.2) is 18.2 Å². The maximum atomic E-state index is 12.1. The third-order valence-corrected chi connectivity index (χ3v) is 3.46. The van der Waals surface area contributed by atoms with Crippen molar-refractivity contribution in [2.75, 3.05) is 19.5 Å². The number of hydrogen-bond acceptors (Lipinski definition) is 4. The zero-order valence-corrected chi connectivity index (χ0v) is 12.5. The number of methoxy groups -OCH3 is 2. The number of anilines is 1. The van der Waals surface area contributed by atoms with E-state index >= 15 is 0 Å². The molecule has 0 radical (unpaired) electrons. The molecule has 1 amide bonds. The van der Waals surface area contributed by atoms with Gasteiger partial charge in [-0.3, -0.25) is 4.79 Å². The fourth-order valence-electron chi connectivity index (χ4n) is 2.38. The van der Waals surface area contributed by atoms with Gasteiger partial charge in [0, 0.05) is 35.8 Å². The molecule has 0 aromatic heterocycles. The Morgan fingerprint density at radius 1 is 1.20 bits per heavy atom. The number of carbonyl (C=O) groups is 1. The van der Waals surface area contributed by atoms with E-state index in [1.54, 1.807) is 32.4 Å². The second-order valence-electron chi connectivity index (χ2n) is 4.86. The first-order valence-corrected chi connectivity index (χ1v) is 6.42. The Kier molecular flexibility index (Phi) is 6.10. The summed E-state index contributed by atoms with van der Waals surface area (Å²) in [4.78, 5) is 12.1. The molecule has 5 nitrogen and oxygen atoms in total. The van der Waals surface area contributed by atoms with Crippen molar-refractivity contribution in [3.05, 3.63) is 18.2 Å². The van der Waals surface area contributed by atoms with Crippen molar-refractivity contribution < 1.29 is 14.3 Å². The summed E-state index contributed by atoms with van der Waals surface area (Å²) in [6, 6.07) is 5.46. The zero-order valence-electron chi connectivity index (χ0n) is 11.7. The Bertz CT molecular complexity index is 445. The van der Waals surface area contributed by atoms with Crippen LogP contribution in [0.1, 0.15) is 19.3 Å². The van der Waals surface area contributed by atoms with Crippen molar-refractivity contribution in [2.24, 2.45) is 11.7 Å². The number of rotatable bonds is 4. The third kappa shape index (κ3) is 4.02. The molecule has 3 N–H and O–H groups in total. The van der Waals surface area contributed by atoms with E-state index in [4.69, 9.17) is 15.2 Å². The second kappa shape index (κ2) is 7.36. The first kappa shape index (κ1) is 16.6. The topological polar surface area (TPSA) is 73.6 Å². The molecule has 112 valence electrons. The number of hydrogen-bond donors (Lipinski definition) is 2. The lowest BCUT2D eigenvalue weighted by atomic mass is 10.1. The zero-order chi connectivity index (χ0) is 13.8. The van der Waals surface area contributed by atoms with Gasteiger partial charge in [0.15, 0.2) is 0 Å². The summed E-state index contributed by atoms with van der Waals surface area (Å²) in [7, 11) is 3.16. The number of nitrogens with one attached hydrogen (secondary N) is 1. The Balaban J connectivity index is 0.00000200. The molecule has 1 aromatic rings. The SMILES string of the molecule is COc1cc(NC(=O)C2CCC(N)C2)cc(OC)c1.Cl. The number of amides is 1. The minimum Gasteiger partial charge on any atom is -0.497 e. The maximum absolute atomic E-state index is 12.1. The Hall–Kier alpha value is -1.46. The maximum Gasteiger partial charge on any atom is 0.227 e. The van der Waals surface area contributed by atoms with E-state index in [9.17, 15) is 4.79 Å². The van der Waals surface area contributed by atoms with Gasteiger partial charge in [0.1, 0.15) is 11.5 Å². The molecule has 1 saturated carbocycles. The van der Waals surface area contributed by atoms with E-state index in [2.05, 4.69) is 5.32 Å². The quantitative estimate of drug-likeness (QED) is 0.894. The average molecular weight is 301 g/mol. The molecule has 0 saturated heterocycles. The predicted octanol–water partition coefficient (Wildman–Crippen LogP) is 2.19. The van der Waals surface area contributed by atoms with Gasteiger partial charge in [-0.15, -0.1) is 12.4 Å². The summed E-state index contributed by atoms with van der Waals surface area (Å²) in [5, 5.41) is 2.90. The summed E-state index contributed by atoms with van der Waals surface area (Å²) < 4.78 is 10.3. The van der Waals surface area contributed by atoms with E-state index in [0.717, 1.165) is 19.3 Å². The summed E-state index contributed by atoms with van der Waals surface area (Å²) in [5.74, 6) is 1.32. The highest BCUT2D eigenvalue weighted by atomic mass is 35.5. The number of carbonyl (C=O) groups excluding carboxylic acids is 1. The third-order valence-electron chi connectivity index (χ3n) is 3.46. The van der Waals surface area contributed by atoms with E-state index in [0.29, 0.717) is 17.2 Å². The van der Waals surface area contributed by atoms with E-state index in [1.165, 1.54) is 0 Å². The van der Waals surface area contributed by atoms with Crippen LogP contribution in [0.3, 0.4) is 0 Å². The minimum atomic E-state index is 0. The molecule has 1 aromatic carbocycles. The molecule has 0 bridgehead atoms. The van der Waals surface area contributed by atoms with Crippen molar-refractivity contribution in [3.8, 4) is 11.5 Å². The van der Waals surface area contributed by atoms with Crippen molar-refractivity contribution in [1.82, 2.24) is 0 Å². The average Bonchev–Trinajstić information content (AvgIpc) is 2.85. The summed E-state index contributed by atoms with van der Waals surface area (Å²) in [5.41, 5.74) is 6.51. The monoisotopic (exact) mass is 300 g/mol. The van der Waals surface area contributed by atoms with Crippen LogP contribution in [0.4, 0.5) is 5.69 Å². The van der Waals surface area contributed by atoms with Crippen molar-refractivity contribution in [2.45, 2.75) is 25.3 Å². The highest BCUT2D eigenvalue weighted by molar-refractivity contribution is 5.93. The summed E-state index contributed by atoms with van der Waals surface area (Å²) in [6.45, 7) is 0. The lowest BCUT2D eigenvalue weighted by Crippen LogP contribution is -2.23. The smallest absolute Gasteiger partial charge is 0.227 e. The van der Waals surface area contributed by atoms with Gasteiger partial charge < -0.3 is 20.5 Å². The van der Waals surface area contributed by atoms with Gasteiger partial charge in [-0.25, -0.2) is 0 Å². The van der Waals surface area contributed by atoms with Gasteiger partial charge >= 0.3 is 0 Å². The number of halogens is 1. The summed E-state index contributed by atoms with van der Waals surface area (Å²) >= 11 is 0. The molecule has 1 fully saturated rings. The van der Waals surface area contributed by atoms with Gasteiger partial charge in [0.2, 0.25) is 5.91 Å². The lowest BCUT2D eigenvalue weighted by Gasteiger charge is -2.13. The minimum absolute atomic E-state index is 0. The van der Waals surface area contributed by atoms with Crippen LogP contribution in [-0.4, -0.2) is 26.2 Å². The van der Waals surface area contributed by atoms with E-state index in [-0.39, 0.29) is 30.3 Å². The van der Waals surface area contributed by atoms with Crippen LogP contribution in [0.5, 0.6) is 11.5 Å². The highest BCUT2D eigenvalue weighted by Gasteiger charge is 2.27. The molecule has 2 unspecified atom stereocenters. The van der Waals surface area contributed by atoms with Gasteiger partial charge in [0.05, 0.1) is 14.2 Å². The number of ether oxygens (including phenoxy) is 2. The Labute approximate surface area is 125 Å². The van der Waals surface area contributed by atoms with Gasteiger partial charge in [0.25, 0.3) is 0 Å². The molecule has 0 spiro atoms. The molecule has 20 heavy (non-hydrogen) atoms. The number of benzene rings is 1. The first-order valence-electron chi connectivity index (χ1n) is 6.42. The molecule has 2 atom stereocenters. The van der Waals surface area contributed by atoms with Crippen LogP contribution in [0.25, 0.3) is 0 Å². The van der Waals surface area contributed by atoms with Gasteiger partial charge in [-0.2, -0.15) is 0 Å². The predicted molar refractivity (Wildman–Crippen MR) is 80.7 cm³/mol. The molecular weight excluding hydrogens is 280 g/mol. The van der Waals surface area contributed by atoms with E-state index < -0.39 is 0 Å². The Morgan fingerprint density at radius 3 is 2.25 bits per heavy atom. The van der Waals surface area contributed by atoms with Gasteiger partial charge in [-0.05, 0) is 19.3 Å². The Morgan fingerprint density at radius 2 is 1.80 bits per heavy atom. The van der Waals surface area contributed by atoms with Crippen molar-refractivity contribution in [3.63, 3.8) is 0 Å². The van der Waals surface area contributed by atoms with E-state index in [1.807, 2.05) is 0 Å². The molecule has 6 heteroatoms. The van der Waals surface area contributed by atoms with Crippen molar-refractivity contribution >= 4 is 24.0 Å². The fraction of sp³-hybridized carbons (Fsp3) is 0.500. The second-order valence-corrected chi connectivity index (χ2v) is 4.86. The molecule has 0 aliphatic heterocycles. The van der Waals surface area contributed by atoms with Crippen LogP contribution in [0, 0.1) is 5.92 Å². The first-order chi connectivity index (χ1) is 9.12. The molecule has 1 aliphatic carbocycles. The van der Waals surface area contributed by atoms with Crippen LogP contribution >= 0.6 is 12.4 Å². The van der Waals surface area contributed by atoms with Crippen LogP contribution in [0.2, 0.25) is 0 Å². The van der Waals surface area contributed by atoms with Crippen molar-refractivity contribution in [1.29, 1.82) is 0 Å².